The van der Waals surface area contributed by atoms with E-state index in [4.69, 9.17) is 0 Å². The molecule has 0 saturated carbocycles. The molecule has 1 N–H and O–H groups in total. The molecule has 2 amide bonds. The summed E-state index contributed by atoms with van der Waals surface area (Å²) in [7, 11) is 0. The third-order valence-corrected chi connectivity index (χ3v) is 2.80. The number of amides is 2. The first-order valence-corrected chi connectivity index (χ1v) is 5.74. The molecule has 1 unspecified atom stereocenters. The van der Waals surface area contributed by atoms with E-state index in [0.29, 0.717) is 19.5 Å². The van der Waals surface area contributed by atoms with Gasteiger partial charge in [0.05, 0.1) is 5.92 Å². The summed E-state index contributed by atoms with van der Waals surface area (Å²) in [4.78, 5) is 25.1. The molecule has 0 radical (unpaired) electrons. The van der Waals surface area contributed by atoms with Crippen LogP contribution in [0, 0.1) is 5.92 Å². The first-order valence-electron chi connectivity index (χ1n) is 5.74. The molecule has 1 saturated heterocycles. The summed E-state index contributed by atoms with van der Waals surface area (Å²) in [5, 5.41) is 2.82. The highest BCUT2D eigenvalue weighted by atomic mass is 16.2. The smallest absolute Gasteiger partial charge is 0.225 e. The molecule has 4 nitrogen and oxygen atoms in total. The Balaban J connectivity index is 2.42. The Kier molecular flexibility index (Phi) is 4.52. The molecule has 0 spiro atoms. The second kappa shape index (κ2) is 5.68. The number of hydrogen-bond donors (Lipinski definition) is 1. The van der Waals surface area contributed by atoms with Crippen molar-refractivity contribution in [3.8, 4) is 0 Å². The van der Waals surface area contributed by atoms with E-state index in [1.54, 1.807) is 11.0 Å². The fourth-order valence-electron chi connectivity index (χ4n) is 1.85. The average Bonchev–Trinajstić information content (AvgIpc) is 2.60. The first-order chi connectivity index (χ1) is 7.56. The number of nitrogens with one attached hydrogen (secondary N) is 1. The van der Waals surface area contributed by atoms with Gasteiger partial charge in [0, 0.05) is 25.6 Å². The number of hydrogen-bond acceptors (Lipinski definition) is 2. The zero-order chi connectivity index (χ0) is 12.1. The van der Waals surface area contributed by atoms with E-state index in [2.05, 4.69) is 11.9 Å². The van der Waals surface area contributed by atoms with E-state index in [1.807, 2.05) is 13.8 Å². The van der Waals surface area contributed by atoms with Gasteiger partial charge in [-0.05, 0) is 20.3 Å². The zero-order valence-corrected chi connectivity index (χ0v) is 10.0. The van der Waals surface area contributed by atoms with E-state index in [1.165, 1.54) is 0 Å². The van der Waals surface area contributed by atoms with Gasteiger partial charge in [0.1, 0.15) is 0 Å². The number of likely N-dealkylation sites (tertiary alicyclic amines) is 1. The van der Waals surface area contributed by atoms with Gasteiger partial charge >= 0.3 is 0 Å². The molecule has 4 heteroatoms. The monoisotopic (exact) mass is 224 g/mol. The fourth-order valence-corrected chi connectivity index (χ4v) is 1.85. The summed E-state index contributed by atoms with van der Waals surface area (Å²) >= 11 is 0. The molecule has 0 aromatic carbocycles. The van der Waals surface area contributed by atoms with Crippen molar-refractivity contribution < 1.29 is 9.59 Å². The summed E-state index contributed by atoms with van der Waals surface area (Å²) in [6, 6.07) is 0.179. The lowest BCUT2D eigenvalue weighted by Crippen LogP contribution is -2.35. The Hall–Kier alpha value is -1.32. The third kappa shape index (κ3) is 3.08. The van der Waals surface area contributed by atoms with Gasteiger partial charge in [-0.1, -0.05) is 6.08 Å². The van der Waals surface area contributed by atoms with E-state index >= 15 is 0 Å². The second-order valence-electron chi connectivity index (χ2n) is 4.41. The highest BCUT2D eigenvalue weighted by molar-refractivity contribution is 5.89. The molecule has 90 valence electrons. The van der Waals surface area contributed by atoms with Crippen molar-refractivity contribution in [2.75, 3.05) is 13.1 Å². The zero-order valence-electron chi connectivity index (χ0n) is 10.0. The molecule has 1 aliphatic rings. The van der Waals surface area contributed by atoms with Crippen molar-refractivity contribution in [3.05, 3.63) is 12.7 Å². The minimum absolute atomic E-state index is 0.0154. The van der Waals surface area contributed by atoms with Crippen LogP contribution in [0.25, 0.3) is 0 Å². The molecule has 1 rings (SSSR count). The maximum absolute atomic E-state index is 11.7. The van der Waals surface area contributed by atoms with Gasteiger partial charge in [-0.15, -0.1) is 6.58 Å². The highest BCUT2D eigenvalue weighted by Crippen LogP contribution is 2.19. The maximum atomic E-state index is 11.7. The van der Waals surface area contributed by atoms with Crippen LogP contribution in [0.3, 0.4) is 0 Å². The predicted octanol–water partition coefficient (Wildman–Crippen LogP) is 0.936. The lowest BCUT2D eigenvalue weighted by Gasteiger charge is -2.20. The summed E-state index contributed by atoms with van der Waals surface area (Å²) in [5.41, 5.74) is 0. The molecule has 0 aromatic heterocycles. The van der Waals surface area contributed by atoms with Crippen LogP contribution in [0.2, 0.25) is 0 Å². The van der Waals surface area contributed by atoms with Crippen molar-refractivity contribution in [2.45, 2.75) is 32.7 Å². The molecule has 0 aliphatic carbocycles. The van der Waals surface area contributed by atoms with Crippen LogP contribution in [-0.4, -0.2) is 35.8 Å². The van der Waals surface area contributed by atoms with Gasteiger partial charge in [-0.3, -0.25) is 9.59 Å². The van der Waals surface area contributed by atoms with Crippen molar-refractivity contribution in [1.29, 1.82) is 0 Å². The van der Waals surface area contributed by atoms with Crippen LogP contribution in [0.4, 0.5) is 0 Å². The molecule has 1 heterocycles. The van der Waals surface area contributed by atoms with Gasteiger partial charge in [0.25, 0.3) is 0 Å². The van der Waals surface area contributed by atoms with Gasteiger partial charge < -0.3 is 10.2 Å². The largest absolute Gasteiger partial charge is 0.355 e. The van der Waals surface area contributed by atoms with Crippen molar-refractivity contribution >= 4 is 11.8 Å². The summed E-state index contributed by atoms with van der Waals surface area (Å²) in [6.07, 6.45) is 2.87. The number of carbonyl (C=O) groups is 2. The Morgan fingerprint density at radius 2 is 2.38 bits per heavy atom. The Bertz CT molecular complexity index is 287. The molecule has 16 heavy (non-hydrogen) atoms. The Morgan fingerprint density at radius 1 is 1.69 bits per heavy atom. The van der Waals surface area contributed by atoms with E-state index in [9.17, 15) is 9.59 Å². The van der Waals surface area contributed by atoms with Crippen molar-refractivity contribution in [3.63, 3.8) is 0 Å². The van der Waals surface area contributed by atoms with Gasteiger partial charge in [-0.25, -0.2) is 0 Å². The summed E-state index contributed by atoms with van der Waals surface area (Å²) in [5.74, 6) is -0.114. The quantitative estimate of drug-likeness (QED) is 0.558. The van der Waals surface area contributed by atoms with Crippen LogP contribution in [0.15, 0.2) is 12.7 Å². The molecule has 1 atom stereocenters. The van der Waals surface area contributed by atoms with E-state index in [-0.39, 0.29) is 23.8 Å². The minimum atomic E-state index is -0.181. The second-order valence-corrected chi connectivity index (χ2v) is 4.41. The number of nitrogens with zero attached hydrogens (tertiary/aromatic N) is 1. The van der Waals surface area contributed by atoms with Crippen molar-refractivity contribution in [2.24, 2.45) is 5.92 Å². The van der Waals surface area contributed by atoms with Crippen molar-refractivity contribution in [1.82, 2.24) is 10.2 Å². The topological polar surface area (TPSA) is 49.4 Å². The average molecular weight is 224 g/mol. The van der Waals surface area contributed by atoms with E-state index in [0.717, 1.165) is 6.42 Å². The molecule has 0 aromatic rings. The lowest BCUT2D eigenvalue weighted by molar-refractivity contribution is -0.129. The van der Waals surface area contributed by atoms with Crippen LogP contribution in [0.5, 0.6) is 0 Å². The van der Waals surface area contributed by atoms with Gasteiger partial charge in [0.15, 0.2) is 0 Å². The molecule has 1 fully saturated rings. The SMILES string of the molecule is C=CCCNC(=O)C1CC(=O)N(C(C)C)C1. The maximum Gasteiger partial charge on any atom is 0.225 e. The normalized spacial score (nSPS) is 20.3. The molecular weight excluding hydrogens is 204 g/mol. The van der Waals surface area contributed by atoms with Crippen LogP contribution < -0.4 is 5.32 Å². The molecule has 0 bridgehead atoms. The lowest BCUT2D eigenvalue weighted by atomic mass is 10.1. The Labute approximate surface area is 96.7 Å². The first kappa shape index (κ1) is 12.7. The number of rotatable bonds is 5. The third-order valence-electron chi connectivity index (χ3n) is 2.80. The molecule has 1 aliphatic heterocycles. The Morgan fingerprint density at radius 3 is 2.88 bits per heavy atom. The van der Waals surface area contributed by atoms with Gasteiger partial charge in [-0.2, -0.15) is 0 Å². The fraction of sp³-hybridized carbons (Fsp3) is 0.667. The molecular formula is C12H20N2O2. The number of carbonyl (C=O) groups excluding carboxylic acids is 2. The standard InChI is InChI=1S/C12H20N2O2/c1-4-5-6-13-12(16)10-7-11(15)14(8-10)9(2)3/h4,9-10H,1,5-8H2,2-3H3,(H,13,16). The highest BCUT2D eigenvalue weighted by Gasteiger charge is 2.35. The van der Waals surface area contributed by atoms with Crippen LogP contribution >= 0.6 is 0 Å². The minimum Gasteiger partial charge on any atom is -0.355 e. The van der Waals surface area contributed by atoms with Crippen LogP contribution in [-0.2, 0) is 9.59 Å². The van der Waals surface area contributed by atoms with E-state index < -0.39 is 0 Å². The summed E-state index contributed by atoms with van der Waals surface area (Å²) in [6.45, 7) is 8.68. The van der Waals surface area contributed by atoms with Crippen LogP contribution in [0.1, 0.15) is 26.7 Å². The predicted molar refractivity (Wildman–Crippen MR) is 62.8 cm³/mol. The summed E-state index contributed by atoms with van der Waals surface area (Å²) < 4.78 is 0. The van der Waals surface area contributed by atoms with Gasteiger partial charge in [0.2, 0.25) is 11.8 Å².